The Hall–Kier alpha value is -1.16. The molecule has 0 aromatic heterocycles. The summed E-state index contributed by atoms with van der Waals surface area (Å²) in [4.78, 5) is 0. The normalized spacial score (nSPS) is 16.7. The second-order valence-electron chi connectivity index (χ2n) is 3.62. The van der Waals surface area contributed by atoms with E-state index in [1.807, 2.05) is 0 Å². The average Bonchev–Trinajstić information content (AvgIpc) is 2.05. The minimum absolute atomic E-state index is 0.356. The predicted octanol–water partition coefficient (Wildman–Crippen LogP) is 1.43. The third kappa shape index (κ3) is 1.70. The molecule has 0 saturated carbocycles. The Morgan fingerprint density at radius 3 is 2.64 bits per heavy atom. The van der Waals surface area contributed by atoms with E-state index in [9.17, 15) is 13.9 Å². The number of phenolic OH excluding ortho intramolecular Hbond substituents is 1. The number of aromatic hydroxyl groups is 1. The van der Waals surface area contributed by atoms with Gasteiger partial charge in [0.2, 0.25) is 0 Å². The summed E-state index contributed by atoms with van der Waals surface area (Å²) in [5.74, 6) is -1.56. The Kier molecular flexibility index (Phi) is 2.37. The lowest BCUT2D eigenvalue weighted by atomic mass is 9.94. The van der Waals surface area contributed by atoms with Crippen molar-refractivity contribution in [3.63, 3.8) is 0 Å². The molecule has 76 valence electrons. The van der Waals surface area contributed by atoms with Gasteiger partial charge in [0, 0.05) is 11.6 Å². The maximum atomic E-state index is 12.9. The molecule has 2 rings (SSSR count). The molecule has 4 heteroatoms. The quantitative estimate of drug-likeness (QED) is 0.755. The van der Waals surface area contributed by atoms with Crippen LogP contribution in [0.5, 0.6) is 5.75 Å². The molecule has 0 bridgehead atoms. The third-order valence-corrected chi connectivity index (χ3v) is 2.48. The van der Waals surface area contributed by atoms with Crippen molar-refractivity contribution in [2.24, 2.45) is 5.92 Å². The summed E-state index contributed by atoms with van der Waals surface area (Å²) in [6, 6.07) is 1.88. The first-order valence-corrected chi connectivity index (χ1v) is 4.54. The Bertz CT molecular complexity index is 350. The van der Waals surface area contributed by atoms with Crippen LogP contribution in [-0.2, 0) is 6.42 Å². The van der Waals surface area contributed by atoms with E-state index in [4.69, 9.17) is 0 Å². The summed E-state index contributed by atoms with van der Waals surface area (Å²) >= 11 is 0. The highest BCUT2D eigenvalue weighted by Gasteiger charge is 2.20. The van der Waals surface area contributed by atoms with Gasteiger partial charge in [-0.05, 0) is 31.5 Å². The molecular weight excluding hydrogens is 188 g/mol. The second-order valence-corrected chi connectivity index (χ2v) is 3.62. The van der Waals surface area contributed by atoms with Crippen LogP contribution in [0.4, 0.5) is 8.78 Å². The maximum Gasteiger partial charge on any atom is 0.168 e. The molecule has 1 heterocycles. The third-order valence-electron chi connectivity index (χ3n) is 2.48. The summed E-state index contributed by atoms with van der Waals surface area (Å²) in [6.45, 7) is 1.69. The lowest BCUT2D eigenvalue weighted by molar-refractivity contribution is 0.337. The summed E-state index contributed by atoms with van der Waals surface area (Å²) < 4.78 is 25.7. The molecule has 14 heavy (non-hydrogen) atoms. The van der Waals surface area contributed by atoms with Crippen molar-refractivity contribution in [1.82, 2.24) is 5.32 Å². The van der Waals surface area contributed by atoms with E-state index >= 15 is 0 Å². The lowest BCUT2D eigenvalue weighted by Gasteiger charge is -2.27. The van der Waals surface area contributed by atoms with E-state index in [0.29, 0.717) is 24.0 Å². The van der Waals surface area contributed by atoms with Gasteiger partial charge in [0.05, 0.1) is 0 Å². The predicted molar refractivity (Wildman–Crippen MR) is 48.1 cm³/mol. The minimum atomic E-state index is -0.882. The molecule has 0 unspecified atom stereocenters. The van der Waals surface area contributed by atoms with Gasteiger partial charge in [0.1, 0.15) is 5.82 Å². The van der Waals surface area contributed by atoms with Crippen LogP contribution < -0.4 is 5.32 Å². The van der Waals surface area contributed by atoms with Crippen molar-refractivity contribution < 1.29 is 13.9 Å². The first kappa shape index (κ1) is 9.40. The molecule has 1 aromatic rings. The molecule has 0 spiro atoms. The Morgan fingerprint density at radius 1 is 1.36 bits per heavy atom. The van der Waals surface area contributed by atoms with E-state index in [0.717, 1.165) is 13.1 Å². The van der Waals surface area contributed by atoms with Crippen LogP contribution >= 0.6 is 0 Å². The number of nitrogens with one attached hydrogen (secondary N) is 1. The number of benzene rings is 1. The van der Waals surface area contributed by atoms with E-state index in [1.54, 1.807) is 0 Å². The molecule has 0 atom stereocenters. The van der Waals surface area contributed by atoms with Gasteiger partial charge >= 0.3 is 0 Å². The first-order valence-electron chi connectivity index (χ1n) is 4.54. The first-order chi connectivity index (χ1) is 6.66. The van der Waals surface area contributed by atoms with E-state index in [2.05, 4.69) is 5.32 Å². The number of halogens is 2. The van der Waals surface area contributed by atoms with Gasteiger partial charge in [0.25, 0.3) is 0 Å². The van der Waals surface area contributed by atoms with Gasteiger partial charge in [0.15, 0.2) is 11.6 Å². The van der Waals surface area contributed by atoms with Crippen molar-refractivity contribution in [2.75, 3.05) is 13.1 Å². The van der Waals surface area contributed by atoms with Gasteiger partial charge in [-0.15, -0.1) is 0 Å². The van der Waals surface area contributed by atoms with Crippen molar-refractivity contribution in [1.29, 1.82) is 0 Å². The fourth-order valence-electron chi connectivity index (χ4n) is 1.58. The topological polar surface area (TPSA) is 32.3 Å². The van der Waals surface area contributed by atoms with Crippen molar-refractivity contribution in [3.8, 4) is 5.75 Å². The van der Waals surface area contributed by atoms with Crippen molar-refractivity contribution in [2.45, 2.75) is 6.42 Å². The lowest BCUT2D eigenvalue weighted by Crippen LogP contribution is -2.43. The minimum Gasteiger partial charge on any atom is -0.505 e. The van der Waals surface area contributed by atoms with Crippen LogP contribution in [0.3, 0.4) is 0 Å². The summed E-state index contributed by atoms with van der Waals surface area (Å²) in [6.07, 6.45) is 0.521. The molecular formula is C10H11F2NO. The molecule has 1 fully saturated rings. The highest BCUT2D eigenvalue weighted by atomic mass is 19.1. The van der Waals surface area contributed by atoms with Gasteiger partial charge in [-0.3, -0.25) is 0 Å². The molecule has 1 saturated heterocycles. The number of rotatable bonds is 2. The van der Waals surface area contributed by atoms with E-state index in [-0.39, 0.29) is 0 Å². The van der Waals surface area contributed by atoms with Crippen LogP contribution in [0, 0.1) is 17.6 Å². The fourth-order valence-corrected chi connectivity index (χ4v) is 1.58. The number of phenols is 1. The maximum absolute atomic E-state index is 12.9. The monoisotopic (exact) mass is 199 g/mol. The van der Waals surface area contributed by atoms with E-state index < -0.39 is 17.4 Å². The van der Waals surface area contributed by atoms with Crippen LogP contribution in [0.2, 0.25) is 0 Å². The van der Waals surface area contributed by atoms with Crippen molar-refractivity contribution >= 4 is 0 Å². The molecule has 0 aliphatic carbocycles. The van der Waals surface area contributed by atoms with Crippen LogP contribution in [-0.4, -0.2) is 18.2 Å². The fraction of sp³-hybridized carbons (Fsp3) is 0.400. The number of hydrogen-bond donors (Lipinski definition) is 2. The molecule has 1 aliphatic heterocycles. The van der Waals surface area contributed by atoms with E-state index in [1.165, 1.54) is 6.07 Å². The SMILES string of the molecule is Oc1c(F)cc(F)cc1CC1CNC1. The summed E-state index contributed by atoms with van der Waals surface area (Å²) in [5, 5.41) is 12.4. The van der Waals surface area contributed by atoms with Crippen LogP contribution in [0.15, 0.2) is 12.1 Å². The molecule has 1 aromatic carbocycles. The highest BCUT2D eigenvalue weighted by Crippen LogP contribution is 2.26. The van der Waals surface area contributed by atoms with Crippen molar-refractivity contribution in [3.05, 3.63) is 29.3 Å². The van der Waals surface area contributed by atoms with Gasteiger partial charge in [-0.1, -0.05) is 0 Å². The largest absolute Gasteiger partial charge is 0.505 e. The standard InChI is InChI=1S/C10H11F2NO/c11-8-2-7(1-6-4-13-5-6)10(14)9(12)3-8/h2-3,6,13-14H,1,4-5H2. The zero-order valence-electron chi connectivity index (χ0n) is 7.56. The number of hydrogen-bond acceptors (Lipinski definition) is 2. The van der Waals surface area contributed by atoms with Gasteiger partial charge < -0.3 is 10.4 Å². The van der Waals surface area contributed by atoms with Crippen LogP contribution in [0.25, 0.3) is 0 Å². The second kappa shape index (κ2) is 3.53. The smallest absolute Gasteiger partial charge is 0.168 e. The zero-order valence-corrected chi connectivity index (χ0v) is 7.56. The summed E-state index contributed by atoms with van der Waals surface area (Å²) in [5.41, 5.74) is 0.356. The zero-order chi connectivity index (χ0) is 10.1. The average molecular weight is 199 g/mol. The Labute approximate surface area is 80.6 Å². The molecule has 2 nitrogen and oxygen atoms in total. The summed E-state index contributed by atoms with van der Waals surface area (Å²) in [7, 11) is 0. The van der Waals surface area contributed by atoms with Gasteiger partial charge in [-0.2, -0.15) is 0 Å². The molecule has 0 radical (unpaired) electrons. The molecule has 2 N–H and O–H groups in total. The molecule has 1 aliphatic rings. The van der Waals surface area contributed by atoms with Crippen LogP contribution in [0.1, 0.15) is 5.56 Å². The Balaban J connectivity index is 2.22. The molecule has 0 amide bonds. The van der Waals surface area contributed by atoms with Gasteiger partial charge in [-0.25, -0.2) is 8.78 Å². The Morgan fingerprint density at radius 2 is 2.07 bits per heavy atom. The highest BCUT2D eigenvalue weighted by molar-refractivity contribution is 5.34.